The number of pyridine rings is 2. The quantitative estimate of drug-likeness (QED) is 0.778. The second kappa shape index (κ2) is 5.08. The van der Waals surface area contributed by atoms with Gasteiger partial charge < -0.3 is 9.72 Å². The first-order chi connectivity index (χ1) is 10.2. The number of nitrogens with zero attached hydrogens (tertiary/aromatic N) is 2. The lowest BCUT2D eigenvalue weighted by atomic mass is 10.1. The predicted molar refractivity (Wildman–Crippen MR) is 85.5 cm³/mol. The Kier molecular flexibility index (Phi) is 3.47. The van der Waals surface area contributed by atoms with E-state index in [0.717, 1.165) is 10.0 Å². The van der Waals surface area contributed by atoms with E-state index >= 15 is 0 Å². The van der Waals surface area contributed by atoms with E-state index in [-0.39, 0.29) is 12.1 Å². The van der Waals surface area contributed by atoms with Crippen LogP contribution in [0.25, 0.3) is 11.0 Å². The van der Waals surface area contributed by atoms with Gasteiger partial charge in [0.2, 0.25) is 0 Å². The van der Waals surface area contributed by atoms with Gasteiger partial charge in [0.05, 0.1) is 24.1 Å². The molecule has 0 unspecified atom stereocenters. The SMILES string of the molecule is CC(C)(C)OC(=O)N1Cc2c(c3ncc(Br)cc3[nH]c2=O)C1. The Morgan fingerprint density at radius 1 is 1.36 bits per heavy atom. The number of aromatic amines is 1. The molecular formula is C15H16BrN3O3. The van der Waals surface area contributed by atoms with Crippen LogP contribution in [0.1, 0.15) is 31.9 Å². The molecule has 7 heteroatoms. The summed E-state index contributed by atoms with van der Waals surface area (Å²) < 4.78 is 6.16. The molecule has 2 aromatic heterocycles. The van der Waals surface area contributed by atoms with Gasteiger partial charge in [-0.05, 0) is 42.8 Å². The smallest absolute Gasteiger partial charge is 0.410 e. The van der Waals surface area contributed by atoms with Crippen LogP contribution in [-0.4, -0.2) is 26.6 Å². The fraction of sp³-hybridized carbons (Fsp3) is 0.400. The van der Waals surface area contributed by atoms with E-state index in [4.69, 9.17) is 4.74 Å². The molecule has 3 rings (SSSR count). The molecule has 1 aliphatic heterocycles. The lowest BCUT2D eigenvalue weighted by molar-refractivity contribution is 0.0242. The molecule has 3 heterocycles. The van der Waals surface area contributed by atoms with Crippen molar-refractivity contribution in [1.29, 1.82) is 0 Å². The van der Waals surface area contributed by atoms with Gasteiger partial charge >= 0.3 is 6.09 Å². The summed E-state index contributed by atoms with van der Waals surface area (Å²) in [4.78, 5) is 33.1. The molecule has 0 fully saturated rings. The average Bonchev–Trinajstić information content (AvgIpc) is 2.82. The summed E-state index contributed by atoms with van der Waals surface area (Å²) in [6.07, 6.45) is 1.25. The Hall–Kier alpha value is -1.89. The van der Waals surface area contributed by atoms with Crippen molar-refractivity contribution in [3.8, 4) is 0 Å². The minimum atomic E-state index is -0.566. The molecule has 1 N–H and O–H groups in total. The van der Waals surface area contributed by atoms with Gasteiger partial charge in [-0.2, -0.15) is 0 Å². The Morgan fingerprint density at radius 2 is 2.05 bits per heavy atom. The van der Waals surface area contributed by atoms with E-state index in [2.05, 4.69) is 25.9 Å². The summed E-state index contributed by atoms with van der Waals surface area (Å²) in [5.41, 5.74) is 1.98. The number of carbonyl (C=O) groups is 1. The third kappa shape index (κ3) is 2.72. The van der Waals surface area contributed by atoms with Crippen LogP contribution in [0.15, 0.2) is 21.5 Å². The lowest BCUT2D eigenvalue weighted by Crippen LogP contribution is -2.33. The largest absolute Gasteiger partial charge is 0.444 e. The van der Waals surface area contributed by atoms with E-state index < -0.39 is 11.7 Å². The second-order valence-electron chi connectivity index (χ2n) is 6.30. The molecule has 1 aliphatic rings. The van der Waals surface area contributed by atoms with Gasteiger partial charge in [-0.15, -0.1) is 0 Å². The average molecular weight is 366 g/mol. The number of ether oxygens (including phenoxy) is 1. The van der Waals surface area contributed by atoms with Crippen LogP contribution in [0.4, 0.5) is 4.79 Å². The topological polar surface area (TPSA) is 75.3 Å². The van der Waals surface area contributed by atoms with Gasteiger partial charge in [-0.25, -0.2) is 4.79 Å². The van der Waals surface area contributed by atoms with E-state index in [9.17, 15) is 9.59 Å². The molecule has 0 saturated heterocycles. The first kappa shape index (κ1) is 15.0. The highest BCUT2D eigenvalue weighted by Gasteiger charge is 2.31. The first-order valence-corrected chi connectivity index (χ1v) is 7.71. The number of hydrogen-bond donors (Lipinski definition) is 1. The summed E-state index contributed by atoms with van der Waals surface area (Å²) in [5, 5.41) is 0. The van der Waals surface area contributed by atoms with E-state index in [1.165, 1.54) is 4.90 Å². The molecule has 0 aliphatic carbocycles. The van der Waals surface area contributed by atoms with Crippen molar-refractivity contribution < 1.29 is 9.53 Å². The zero-order valence-corrected chi connectivity index (χ0v) is 14.2. The van der Waals surface area contributed by atoms with Gasteiger partial charge in [0.1, 0.15) is 5.60 Å². The van der Waals surface area contributed by atoms with Crippen molar-refractivity contribution in [2.75, 3.05) is 0 Å². The third-order valence-corrected chi connectivity index (χ3v) is 3.81. The minimum Gasteiger partial charge on any atom is -0.444 e. The molecule has 0 atom stereocenters. The molecular weight excluding hydrogens is 350 g/mol. The van der Waals surface area contributed by atoms with Crippen molar-refractivity contribution in [2.45, 2.75) is 39.5 Å². The summed E-state index contributed by atoms with van der Waals surface area (Å²) in [7, 11) is 0. The summed E-state index contributed by atoms with van der Waals surface area (Å²) in [5.74, 6) is 0. The van der Waals surface area contributed by atoms with Crippen molar-refractivity contribution in [3.05, 3.63) is 38.2 Å². The zero-order valence-electron chi connectivity index (χ0n) is 12.6. The molecule has 0 radical (unpaired) electrons. The van der Waals surface area contributed by atoms with Crippen LogP contribution < -0.4 is 5.56 Å². The van der Waals surface area contributed by atoms with Crippen LogP contribution in [0.2, 0.25) is 0 Å². The Morgan fingerprint density at radius 3 is 2.73 bits per heavy atom. The fourth-order valence-electron chi connectivity index (χ4n) is 2.48. The van der Waals surface area contributed by atoms with Crippen molar-refractivity contribution in [3.63, 3.8) is 0 Å². The normalized spacial score (nSPS) is 14.3. The Labute approximate surface area is 135 Å². The maximum absolute atomic E-state index is 12.2. The van der Waals surface area contributed by atoms with Crippen molar-refractivity contribution >= 4 is 33.1 Å². The maximum atomic E-state index is 12.2. The van der Waals surface area contributed by atoms with Crippen LogP contribution in [0.3, 0.4) is 0 Å². The number of rotatable bonds is 0. The van der Waals surface area contributed by atoms with Gasteiger partial charge in [0.15, 0.2) is 0 Å². The molecule has 0 saturated carbocycles. The molecule has 0 aromatic carbocycles. The Balaban J connectivity index is 1.99. The first-order valence-electron chi connectivity index (χ1n) is 6.92. The predicted octanol–water partition coefficient (Wildman–Crippen LogP) is 2.94. The number of amides is 1. The third-order valence-electron chi connectivity index (χ3n) is 3.38. The number of halogens is 1. The number of hydrogen-bond acceptors (Lipinski definition) is 4. The number of nitrogens with one attached hydrogen (secondary N) is 1. The standard InChI is InChI=1S/C15H16BrN3O3/c1-15(2,3)22-14(21)19-6-9-10(7-19)13(20)18-11-4-8(16)5-17-12(9)11/h4-5H,6-7H2,1-3H3,(H,18,20). The van der Waals surface area contributed by atoms with Crippen LogP contribution in [0, 0.1) is 0 Å². The van der Waals surface area contributed by atoms with E-state index in [0.29, 0.717) is 23.1 Å². The number of fused-ring (bicyclic) bond motifs is 3. The molecule has 0 bridgehead atoms. The highest BCUT2D eigenvalue weighted by atomic mass is 79.9. The van der Waals surface area contributed by atoms with E-state index in [1.807, 2.05) is 20.8 Å². The van der Waals surface area contributed by atoms with Gasteiger partial charge in [0, 0.05) is 21.8 Å². The fourth-order valence-corrected chi connectivity index (χ4v) is 2.81. The molecule has 0 spiro atoms. The highest BCUT2D eigenvalue weighted by molar-refractivity contribution is 9.10. The molecule has 22 heavy (non-hydrogen) atoms. The van der Waals surface area contributed by atoms with Crippen LogP contribution in [-0.2, 0) is 17.8 Å². The maximum Gasteiger partial charge on any atom is 0.410 e. The van der Waals surface area contributed by atoms with Crippen molar-refractivity contribution in [2.24, 2.45) is 0 Å². The number of aromatic nitrogens is 2. The summed E-state index contributed by atoms with van der Waals surface area (Å²) >= 11 is 3.34. The zero-order chi connectivity index (χ0) is 16.1. The van der Waals surface area contributed by atoms with Crippen LogP contribution >= 0.6 is 15.9 Å². The minimum absolute atomic E-state index is 0.187. The number of carbonyl (C=O) groups excluding carboxylic acids is 1. The molecule has 2 aromatic rings. The number of H-pyrrole nitrogens is 1. The molecule has 116 valence electrons. The second-order valence-corrected chi connectivity index (χ2v) is 7.21. The van der Waals surface area contributed by atoms with Gasteiger partial charge in [-0.1, -0.05) is 0 Å². The molecule has 1 amide bonds. The van der Waals surface area contributed by atoms with E-state index in [1.54, 1.807) is 12.3 Å². The molecule has 6 nitrogen and oxygen atoms in total. The Bertz CT molecular complexity index is 823. The lowest BCUT2D eigenvalue weighted by Gasteiger charge is -2.24. The van der Waals surface area contributed by atoms with Gasteiger partial charge in [0.25, 0.3) is 5.56 Å². The van der Waals surface area contributed by atoms with Gasteiger partial charge in [-0.3, -0.25) is 14.7 Å². The van der Waals surface area contributed by atoms with Crippen LogP contribution in [0.5, 0.6) is 0 Å². The highest BCUT2D eigenvalue weighted by Crippen LogP contribution is 2.27. The summed E-state index contributed by atoms with van der Waals surface area (Å²) in [6, 6.07) is 1.81. The monoisotopic (exact) mass is 365 g/mol. The van der Waals surface area contributed by atoms with Crippen molar-refractivity contribution in [1.82, 2.24) is 14.9 Å². The summed E-state index contributed by atoms with van der Waals surface area (Å²) in [6.45, 7) is 6.02.